The number of hydrogen-bond acceptors (Lipinski definition) is 2. The van der Waals surface area contributed by atoms with Crippen LogP contribution in [0.2, 0.25) is 0 Å². The van der Waals surface area contributed by atoms with Crippen molar-refractivity contribution >= 4 is 0 Å². The lowest BCUT2D eigenvalue weighted by atomic mass is 10.1. The minimum atomic E-state index is 0.227. The van der Waals surface area contributed by atoms with E-state index in [1.54, 1.807) is 0 Å². The smallest absolute Gasteiger partial charge is 0.0953 e. The molecule has 1 aromatic carbocycles. The van der Waals surface area contributed by atoms with E-state index in [4.69, 9.17) is 4.74 Å². The summed E-state index contributed by atoms with van der Waals surface area (Å²) >= 11 is 0. The van der Waals surface area contributed by atoms with Gasteiger partial charge in [-0.1, -0.05) is 30.3 Å². The summed E-state index contributed by atoms with van der Waals surface area (Å²) in [6.45, 7) is 3.99. The molecule has 1 N–H and O–H groups in total. The fourth-order valence-electron chi connectivity index (χ4n) is 1.66. The number of benzene rings is 1. The minimum Gasteiger partial charge on any atom is -0.368 e. The Bertz CT molecular complexity index is 260. The van der Waals surface area contributed by atoms with Crippen LogP contribution in [-0.4, -0.2) is 19.2 Å². The second-order valence-corrected chi connectivity index (χ2v) is 3.50. The second kappa shape index (κ2) is 3.90. The van der Waals surface area contributed by atoms with Crippen LogP contribution < -0.4 is 5.32 Å². The third kappa shape index (κ3) is 2.08. The maximum Gasteiger partial charge on any atom is 0.0953 e. The quantitative estimate of drug-likeness (QED) is 0.705. The van der Waals surface area contributed by atoms with Crippen molar-refractivity contribution in [2.75, 3.05) is 13.1 Å². The number of hydrogen-bond donors (Lipinski definition) is 1. The summed E-state index contributed by atoms with van der Waals surface area (Å²) in [5, 5.41) is 3.36. The molecule has 0 amide bonds. The van der Waals surface area contributed by atoms with E-state index in [0.717, 1.165) is 13.1 Å². The van der Waals surface area contributed by atoms with E-state index in [1.165, 1.54) is 5.56 Å². The second-order valence-electron chi connectivity index (χ2n) is 3.50. The van der Waals surface area contributed by atoms with E-state index in [2.05, 4.69) is 36.5 Å². The van der Waals surface area contributed by atoms with Crippen LogP contribution in [0, 0.1) is 0 Å². The van der Waals surface area contributed by atoms with Crippen molar-refractivity contribution in [3.05, 3.63) is 35.9 Å². The molecule has 2 heteroatoms. The standard InChI is InChI=1S/C11H15NO/c1-9-7-12-8-11(13-9)10-5-3-2-4-6-10/h2-6,9,11-12H,7-8H2,1H3/t9-,11-/m1/s1. The molecule has 2 nitrogen and oxygen atoms in total. The van der Waals surface area contributed by atoms with Gasteiger partial charge in [-0.2, -0.15) is 0 Å². The highest BCUT2D eigenvalue weighted by Gasteiger charge is 2.19. The van der Waals surface area contributed by atoms with Gasteiger partial charge in [0.15, 0.2) is 0 Å². The summed E-state index contributed by atoms with van der Waals surface area (Å²) in [5.74, 6) is 0. The van der Waals surface area contributed by atoms with Gasteiger partial charge < -0.3 is 10.1 Å². The number of nitrogens with one attached hydrogen (secondary N) is 1. The van der Waals surface area contributed by atoms with Gasteiger partial charge in [0, 0.05) is 13.1 Å². The van der Waals surface area contributed by atoms with Crippen LogP contribution in [0.5, 0.6) is 0 Å². The third-order valence-electron chi connectivity index (χ3n) is 2.33. The van der Waals surface area contributed by atoms with Crippen LogP contribution in [0.3, 0.4) is 0 Å². The van der Waals surface area contributed by atoms with E-state index in [0.29, 0.717) is 6.10 Å². The Balaban J connectivity index is 2.08. The monoisotopic (exact) mass is 177 g/mol. The number of rotatable bonds is 1. The maximum atomic E-state index is 5.81. The van der Waals surface area contributed by atoms with Crippen LogP contribution >= 0.6 is 0 Å². The summed E-state index contributed by atoms with van der Waals surface area (Å²) in [6.07, 6.45) is 0.545. The number of ether oxygens (including phenoxy) is 1. The maximum absolute atomic E-state index is 5.81. The highest BCUT2D eigenvalue weighted by molar-refractivity contribution is 5.18. The Labute approximate surface area is 78.9 Å². The van der Waals surface area contributed by atoms with Crippen molar-refractivity contribution in [2.24, 2.45) is 0 Å². The highest BCUT2D eigenvalue weighted by Crippen LogP contribution is 2.20. The van der Waals surface area contributed by atoms with E-state index < -0.39 is 0 Å². The van der Waals surface area contributed by atoms with Crippen LogP contribution in [0.15, 0.2) is 30.3 Å². The van der Waals surface area contributed by atoms with Gasteiger partial charge in [0.1, 0.15) is 0 Å². The Morgan fingerprint density at radius 3 is 2.69 bits per heavy atom. The molecule has 1 heterocycles. The molecule has 0 saturated carbocycles. The first-order valence-electron chi connectivity index (χ1n) is 4.77. The van der Waals surface area contributed by atoms with Gasteiger partial charge in [-0.25, -0.2) is 0 Å². The molecule has 0 radical (unpaired) electrons. The van der Waals surface area contributed by atoms with E-state index >= 15 is 0 Å². The SMILES string of the molecule is C[C@@H]1CNC[C@H](c2ccccc2)O1. The molecule has 0 spiro atoms. The highest BCUT2D eigenvalue weighted by atomic mass is 16.5. The lowest BCUT2D eigenvalue weighted by Gasteiger charge is -2.28. The summed E-state index contributed by atoms with van der Waals surface area (Å²) in [5.41, 5.74) is 1.27. The van der Waals surface area contributed by atoms with Crippen LogP contribution in [0.4, 0.5) is 0 Å². The fourth-order valence-corrected chi connectivity index (χ4v) is 1.66. The first-order valence-corrected chi connectivity index (χ1v) is 4.77. The van der Waals surface area contributed by atoms with Gasteiger partial charge in [0.25, 0.3) is 0 Å². The molecule has 2 rings (SSSR count). The minimum absolute atomic E-state index is 0.227. The Hall–Kier alpha value is -0.860. The zero-order valence-corrected chi connectivity index (χ0v) is 7.86. The third-order valence-corrected chi connectivity index (χ3v) is 2.33. The molecular weight excluding hydrogens is 162 g/mol. The van der Waals surface area contributed by atoms with E-state index in [1.807, 2.05) is 6.07 Å². The van der Waals surface area contributed by atoms with Gasteiger partial charge in [-0.3, -0.25) is 0 Å². The average molecular weight is 177 g/mol. The largest absolute Gasteiger partial charge is 0.368 e. The van der Waals surface area contributed by atoms with Gasteiger partial charge in [-0.15, -0.1) is 0 Å². The Kier molecular flexibility index (Phi) is 2.62. The molecule has 0 bridgehead atoms. The predicted octanol–water partition coefficient (Wildman–Crippen LogP) is 1.74. The van der Waals surface area contributed by atoms with Crippen LogP contribution in [0.25, 0.3) is 0 Å². The van der Waals surface area contributed by atoms with Gasteiger partial charge in [-0.05, 0) is 12.5 Å². The van der Waals surface area contributed by atoms with Crippen LogP contribution in [-0.2, 0) is 4.74 Å². The molecule has 1 aliphatic rings. The molecule has 0 aromatic heterocycles. The molecule has 0 aliphatic carbocycles. The summed E-state index contributed by atoms with van der Waals surface area (Å²) in [6, 6.07) is 10.4. The molecular formula is C11H15NO. The molecule has 13 heavy (non-hydrogen) atoms. The Morgan fingerprint density at radius 1 is 1.23 bits per heavy atom. The molecule has 1 aromatic rings. The zero-order chi connectivity index (χ0) is 9.10. The fraction of sp³-hybridized carbons (Fsp3) is 0.455. The van der Waals surface area contributed by atoms with E-state index in [9.17, 15) is 0 Å². The van der Waals surface area contributed by atoms with Gasteiger partial charge >= 0.3 is 0 Å². The summed E-state index contributed by atoms with van der Waals surface area (Å²) < 4.78 is 5.81. The normalized spacial score (nSPS) is 28.7. The molecule has 2 atom stereocenters. The van der Waals surface area contributed by atoms with Crippen molar-refractivity contribution < 1.29 is 4.74 Å². The molecule has 1 aliphatic heterocycles. The van der Waals surface area contributed by atoms with Crippen molar-refractivity contribution in [3.8, 4) is 0 Å². The summed E-state index contributed by atoms with van der Waals surface area (Å²) in [7, 11) is 0. The number of morpholine rings is 1. The van der Waals surface area contributed by atoms with E-state index in [-0.39, 0.29) is 6.10 Å². The molecule has 1 saturated heterocycles. The van der Waals surface area contributed by atoms with Crippen LogP contribution in [0.1, 0.15) is 18.6 Å². The summed E-state index contributed by atoms with van der Waals surface area (Å²) in [4.78, 5) is 0. The van der Waals surface area contributed by atoms with Gasteiger partial charge in [0.05, 0.1) is 12.2 Å². The van der Waals surface area contributed by atoms with Gasteiger partial charge in [0.2, 0.25) is 0 Å². The van der Waals surface area contributed by atoms with Crippen molar-refractivity contribution in [1.82, 2.24) is 5.32 Å². The first kappa shape index (κ1) is 8.73. The Morgan fingerprint density at radius 2 is 2.00 bits per heavy atom. The van der Waals surface area contributed by atoms with Crippen molar-refractivity contribution in [1.29, 1.82) is 0 Å². The predicted molar refractivity (Wildman–Crippen MR) is 52.6 cm³/mol. The molecule has 1 fully saturated rings. The lowest BCUT2D eigenvalue weighted by Crippen LogP contribution is -2.38. The van der Waals surface area contributed by atoms with Crippen molar-refractivity contribution in [2.45, 2.75) is 19.1 Å². The topological polar surface area (TPSA) is 21.3 Å². The first-order chi connectivity index (χ1) is 6.36. The lowest BCUT2D eigenvalue weighted by molar-refractivity contribution is -0.0287. The molecule has 70 valence electrons. The average Bonchev–Trinajstić information content (AvgIpc) is 2.19. The molecule has 0 unspecified atom stereocenters. The van der Waals surface area contributed by atoms with Crippen molar-refractivity contribution in [3.63, 3.8) is 0 Å². The zero-order valence-electron chi connectivity index (χ0n) is 7.86.